The van der Waals surface area contributed by atoms with Crippen molar-refractivity contribution in [3.05, 3.63) is 35.9 Å². The molecule has 0 aromatic heterocycles. The number of halogens is 1. The van der Waals surface area contributed by atoms with Crippen molar-refractivity contribution in [2.45, 2.75) is 32.6 Å². The quantitative estimate of drug-likeness (QED) is 0.624. The molecule has 0 saturated heterocycles. The predicted octanol–water partition coefficient (Wildman–Crippen LogP) is 3.84. The summed E-state index contributed by atoms with van der Waals surface area (Å²) in [7, 11) is 0. The van der Waals surface area contributed by atoms with Gasteiger partial charge in [-0.3, -0.25) is 0 Å². The molecule has 0 fully saturated rings. The van der Waals surface area contributed by atoms with Crippen LogP contribution in [-0.2, 0) is 6.42 Å². The van der Waals surface area contributed by atoms with Gasteiger partial charge in [-0.05, 0) is 18.4 Å². The first-order chi connectivity index (χ1) is 5.43. The second kappa shape index (κ2) is 7.17. The van der Waals surface area contributed by atoms with E-state index in [4.69, 9.17) is 0 Å². The maximum atomic E-state index is 2.24. The van der Waals surface area contributed by atoms with Crippen LogP contribution in [0.15, 0.2) is 30.3 Å². The van der Waals surface area contributed by atoms with Gasteiger partial charge in [-0.1, -0.05) is 50.1 Å². The molecule has 68 valence electrons. The summed E-state index contributed by atoms with van der Waals surface area (Å²) >= 11 is 0. The number of benzene rings is 1. The van der Waals surface area contributed by atoms with Crippen LogP contribution >= 0.6 is 12.4 Å². The summed E-state index contributed by atoms with van der Waals surface area (Å²) in [6.45, 7) is 2.24. The molecule has 0 nitrogen and oxygen atoms in total. The second-order valence-electron chi connectivity index (χ2n) is 2.94. The lowest BCUT2D eigenvalue weighted by atomic mass is 10.1. The summed E-state index contributed by atoms with van der Waals surface area (Å²) in [5.41, 5.74) is 1.47. The largest absolute Gasteiger partial charge is 0.147 e. The van der Waals surface area contributed by atoms with Crippen LogP contribution in [0.5, 0.6) is 0 Å². The van der Waals surface area contributed by atoms with Crippen LogP contribution in [-0.4, -0.2) is 0 Å². The van der Waals surface area contributed by atoms with E-state index in [1.165, 1.54) is 31.2 Å². The van der Waals surface area contributed by atoms with E-state index in [0.717, 1.165) is 0 Å². The molecule has 1 aromatic carbocycles. The third-order valence-electron chi connectivity index (χ3n) is 1.91. The Hall–Kier alpha value is -0.490. The SMILES string of the molecule is CCCCCc1ccccc1.Cl. The Morgan fingerprint density at radius 3 is 2.25 bits per heavy atom. The van der Waals surface area contributed by atoms with Gasteiger partial charge < -0.3 is 0 Å². The summed E-state index contributed by atoms with van der Waals surface area (Å²) in [5.74, 6) is 0. The molecule has 0 heterocycles. The van der Waals surface area contributed by atoms with Gasteiger partial charge in [0.05, 0.1) is 0 Å². The third kappa shape index (κ3) is 4.40. The highest BCUT2D eigenvalue weighted by atomic mass is 35.5. The number of hydrogen-bond donors (Lipinski definition) is 0. The van der Waals surface area contributed by atoms with Crippen LogP contribution in [0, 0.1) is 0 Å². The van der Waals surface area contributed by atoms with E-state index in [2.05, 4.69) is 37.3 Å². The Labute approximate surface area is 81.4 Å². The first kappa shape index (κ1) is 11.5. The average molecular weight is 185 g/mol. The minimum absolute atomic E-state index is 0. The van der Waals surface area contributed by atoms with Gasteiger partial charge in [0.25, 0.3) is 0 Å². The highest BCUT2D eigenvalue weighted by Gasteiger charge is 1.89. The maximum Gasteiger partial charge on any atom is -0.0279 e. The Morgan fingerprint density at radius 1 is 1.00 bits per heavy atom. The Kier molecular flexibility index (Phi) is 6.88. The zero-order valence-electron chi connectivity index (χ0n) is 7.62. The molecule has 0 saturated carbocycles. The van der Waals surface area contributed by atoms with Crippen molar-refractivity contribution < 1.29 is 0 Å². The molecule has 0 bridgehead atoms. The zero-order chi connectivity index (χ0) is 7.94. The number of unbranched alkanes of at least 4 members (excludes halogenated alkanes) is 2. The van der Waals surface area contributed by atoms with Crippen LogP contribution < -0.4 is 0 Å². The van der Waals surface area contributed by atoms with Gasteiger partial charge in [-0.15, -0.1) is 12.4 Å². The zero-order valence-corrected chi connectivity index (χ0v) is 8.44. The van der Waals surface area contributed by atoms with Crippen LogP contribution in [0.2, 0.25) is 0 Å². The van der Waals surface area contributed by atoms with E-state index in [1.807, 2.05) is 0 Å². The molecule has 0 aliphatic carbocycles. The summed E-state index contributed by atoms with van der Waals surface area (Å²) in [5, 5.41) is 0. The fourth-order valence-electron chi connectivity index (χ4n) is 1.22. The van der Waals surface area contributed by atoms with Gasteiger partial charge in [0.1, 0.15) is 0 Å². The molecule has 0 spiro atoms. The summed E-state index contributed by atoms with van der Waals surface area (Å²) < 4.78 is 0. The van der Waals surface area contributed by atoms with E-state index in [-0.39, 0.29) is 12.4 Å². The molecule has 0 atom stereocenters. The molecular formula is C11H17Cl. The van der Waals surface area contributed by atoms with Gasteiger partial charge in [0, 0.05) is 0 Å². The van der Waals surface area contributed by atoms with Gasteiger partial charge in [0.2, 0.25) is 0 Å². The minimum Gasteiger partial charge on any atom is -0.147 e. The van der Waals surface area contributed by atoms with Crippen molar-refractivity contribution in [3.8, 4) is 0 Å². The molecule has 1 heteroatoms. The predicted molar refractivity (Wildman–Crippen MR) is 56.9 cm³/mol. The van der Waals surface area contributed by atoms with E-state index < -0.39 is 0 Å². The van der Waals surface area contributed by atoms with Crippen molar-refractivity contribution >= 4 is 12.4 Å². The van der Waals surface area contributed by atoms with Gasteiger partial charge in [-0.2, -0.15) is 0 Å². The lowest BCUT2D eigenvalue weighted by Crippen LogP contribution is -1.83. The van der Waals surface area contributed by atoms with Gasteiger partial charge in [-0.25, -0.2) is 0 Å². The summed E-state index contributed by atoms with van der Waals surface area (Å²) in [6, 6.07) is 10.7. The van der Waals surface area contributed by atoms with Crippen molar-refractivity contribution in [1.29, 1.82) is 0 Å². The first-order valence-corrected chi connectivity index (χ1v) is 4.47. The van der Waals surface area contributed by atoms with Crippen LogP contribution in [0.1, 0.15) is 31.7 Å². The molecule has 1 aromatic rings. The molecule has 1 rings (SSSR count). The molecule has 12 heavy (non-hydrogen) atoms. The van der Waals surface area contributed by atoms with E-state index in [9.17, 15) is 0 Å². The number of aryl methyl sites for hydroxylation is 1. The van der Waals surface area contributed by atoms with Crippen LogP contribution in [0.25, 0.3) is 0 Å². The Balaban J connectivity index is 0.00000121. The highest BCUT2D eigenvalue weighted by Crippen LogP contribution is 2.05. The molecule has 0 aliphatic heterocycles. The summed E-state index contributed by atoms with van der Waals surface area (Å²) in [4.78, 5) is 0. The van der Waals surface area contributed by atoms with Crippen molar-refractivity contribution in [2.75, 3.05) is 0 Å². The summed E-state index contributed by atoms with van der Waals surface area (Å²) in [6.07, 6.45) is 5.25. The van der Waals surface area contributed by atoms with Crippen LogP contribution in [0.4, 0.5) is 0 Å². The second-order valence-corrected chi connectivity index (χ2v) is 2.94. The molecule has 0 aliphatic rings. The van der Waals surface area contributed by atoms with Gasteiger partial charge in [0.15, 0.2) is 0 Å². The van der Waals surface area contributed by atoms with Crippen molar-refractivity contribution in [3.63, 3.8) is 0 Å². The monoisotopic (exact) mass is 184 g/mol. The fraction of sp³-hybridized carbons (Fsp3) is 0.455. The van der Waals surface area contributed by atoms with Crippen molar-refractivity contribution in [1.82, 2.24) is 0 Å². The average Bonchev–Trinajstić information content (AvgIpc) is 2.07. The Bertz CT molecular complexity index is 181. The number of hydrogen-bond acceptors (Lipinski definition) is 0. The third-order valence-corrected chi connectivity index (χ3v) is 1.91. The lowest BCUT2D eigenvalue weighted by molar-refractivity contribution is 0.717. The van der Waals surface area contributed by atoms with E-state index in [0.29, 0.717) is 0 Å². The van der Waals surface area contributed by atoms with Gasteiger partial charge >= 0.3 is 0 Å². The lowest BCUT2D eigenvalue weighted by Gasteiger charge is -1.98. The van der Waals surface area contributed by atoms with Crippen LogP contribution in [0.3, 0.4) is 0 Å². The topological polar surface area (TPSA) is 0 Å². The molecule has 0 radical (unpaired) electrons. The van der Waals surface area contributed by atoms with Crippen molar-refractivity contribution in [2.24, 2.45) is 0 Å². The Morgan fingerprint density at radius 2 is 1.67 bits per heavy atom. The van der Waals surface area contributed by atoms with E-state index in [1.54, 1.807) is 0 Å². The molecular weight excluding hydrogens is 168 g/mol. The normalized spacial score (nSPS) is 9.08. The number of rotatable bonds is 4. The minimum atomic E-state index is 0. The smallest absolute Gasteiger partial charge is 0.0279 e. The maximum absolute atomic E-state index is 2.24. The fourth-order valence-corrected chi connectivity index (χ4v) is 1.22. The highest BCUT2D eigenvalue weighted by molar-refractivity contribution is 5.85. The molecule has 0 amide bonds. The first-order valence-electron chi connectivity index (χ1n) is 4.47. The standard InChI is InChI=1S/C11H16.ClH/c1-2-3-5-8-11-9-6-4-7-10-11;/h4,6-7,9-10H,2-3,5,8H2,1H3;1H. The molecule has 0 unspecified atom stereocenters. The molecule has 0 N–H and O–H groups in total. The van der Waals surface area contributed by atoms with E-state index >= 15 is 0 Å².